The molecule has 0 bridgehead atoms. The third-order valence-corrected chi connectivity index (χ3v) is 4.48. The standard InChI is InChI=1S/C23H21FN4O2.ClH/c1-3-26-23(29)28-20-10-7-16(14-27-20)12-18-8-9-19(30-2)21(22(18)24)17-6-4-5-15(11-17)13-25;/h4-11,14H,3,12H2,1-2H3,(H2,26,27,28,29);1H. The second-order valence-corrected chi connectivity index (χ2v) is 6.52. The lowest BCUT2D eigenvalue weighted by Gasteiger charge is -2.14. The van der Waals surface area contributed by atoms with Crippen molar-refractivity contribution in [2.75, 3.05) is 19.0 Å². The van der Waals surface area contributed by atoms with E-state index in [4.69, 9.17) is 10.00 Å². The number of amides is 2. The topological polar surface area (TPSA) is 87.0 Å². The van der Waals surface area contributed by atoms with E-state index in [1.165, 1.54) is 7.11 Å². The zero-order valence-corrected chi connectivity index (χ0v) is 17.9. The van der Waals surface area contributed by atoms with E-state index in [1.54, 1.807) is 54.7 Å². The molecule has 1 aromatic heterocycles. The fourth-order valence-electron chi connectivity index (χ4n) is 3.07. The quantitative estimate of drug-likeness (QED) is 0.569. The molecule has 0 aliphatic rings. The predicted molar refractivity (Wildman–Crippen MR) is 120 cm³/mol. The molecule has 0 saturated heterocycles. The van der Waals surface area contributed by atoms with Gasteiger partial charge < -0.3 is 10.1 Å². The molecule has 0 atom stereocenters. The lowest BCUT2D eigenvalue weighted by molar-refractivity contribution is 0.252. The molecule has 1 heterocycles. The first kappa shape index (κ1) is 23.6. The Kier molecular flexibility index (Phi) is 8.35. The molecule has 0 aliphatic carbocycles. The van der Waals surface area contributed by atoms with Gasteiger partial charge in [0.2, 0.25) is 0 Å². The van der Waals surface area contributed by atoms with E-state index in [0.717, 1.165) is 5.56 Å². The molecule has 2 aromatic carbocycles. The molecule has 0 spiro atoms. The minimum Gasteiger partial charge on any atom is -0.496 e. The predicted octanol–water partition coefficient (Wildman–Crippen LogP) is 4.92. The molecule has 3 rings (SSSR count). The molecular weight excluding hydrogens is 419 g/mol. The Bertz CT molecular complexity index is 1100. The van der Waals surface area contributed by atoms with Crippen LogP contribution in [0.4, 0.5) is 15.0 Å². The van der Waals surface area contributed by atoms with Crippen LogP contribution in [0.25, 0.3) is 11.1 Å². The summed E-state index contributed by atoms with van der Waals surface area (Å²) in [6.45, 7) is 2.34. The van der Waals surface area contributed by atoms with Crippen molar-refractivity contribution in [2.24, 2.45) is 0 Å². The van der Waals surface area contributed by atoms with Crippen molar-refractivity contribution in [1.29, 1.82) is 5.26 Å². The molecule has 0 radical (unpaired) electrons. The first-order chi connectivity index (χ1) is 14.5. The maximum absolute atomic E-state index is 15.4. The van der Waals surface area contributed by atoms with Crippen molar-refractivity contribution in [1.82, 2.24) is 10.3 Å². The SMILES string of the molecule is CCNC(=O)Nc1ccc(Cc2ccc(OC)c(-c3cccc(C#N)c3)c2F)cn1.Cl. The van der Waals surface area contributed by atoms with Crippen molar-refractivity contribution in [3.63, 3.8) is 0 Å². The molecule has 8 heteroatoms. The van der Waals surface area contributed by atoms with Crippen molar-refractivity contribution >= 4 is 24.3 Å². The fourth-order valence-corrected chi connectivity index (χ4v) is 3.07. The maximum Gasteiger partial charge on any atom is 0.320 e. The van der Waals surface area contributed by atoms with Gasteiger partial charge in [0.25, 0.3) is 0 Å². The van der Waals surface area contributed by atoms with Crippen LogP contribution in [0.5, 0.6) is 5.75 Å². The number of nitrogens with one attached hydrogen (secondary N) is 2. The normalized spacial score (nSPS) is 9.87. The van der Waals surface area contributed by atoms with Gasteiger partial charge in [-0.2, -0.15) is 5.26 Å². The van der Waals surface area contributed by atoms with Crippen LogP contribution in [0.15, 0.2) is 54.7 Å². The summed E-state index contributed by atoms with van der Waals surface area (Å²) >= 11 is 0. The van der Waals surface area contributed by atoms with Crippen LogP contribution < -0.4 is 15.4 Å². The van der Waals surface area contributed by atoms with E-state index in [1.807, 2.05) is 6.92 Å². The highest BCUT2D eigenvalue weighted by Crippen LogP contribution is 2.35. The van der Waals surface area contributed by atoms with Gasteiger partial charge in [-0.05, 0) is 47.9 Å². The Morgan fingerprint density at radius 1 is 1.23 bits per heavy atom. The molecule has 2 N–H and O–H groups in total. The van der Waals surface area contributed by atoms with Gasteiger partial charge in [0, 0.05) is 19.2 Å². The summed E-state index contributed by atoms with van der Waals surface area (Å²) in [4.78, 5) is 15.8. The number of halogens is 2. The monoisotopic (exact) mass is 440 g/mol. The van der Waals surface area contributed by atoms with E-state index in [9.17, 15) is 4.79 Å². The van der Waals surface area contributed by atoms with Gasteiger partial charge in [-0.3, -0.25) is 5.32 Å². The van der Waals surface area contributed by atoms with E-state index in [2.05, 4.69) is 21.7 Å². The summed E-state index contributed by atoms with van der Waals surface area (Å²) < 4.78 is 20.8. The van der Waals surface area contributed by atoms with E-state index in [-0.39, 0.29) is 18.4 Å². The number of benzene rings is 2. The molecule has 31 heavy (non-hydrogen) atoms. The second kappa shape index (κ2) is 11.0. The van der Waals surface area contributed by atoms with E-state index < -0.39 is 5.82 Å². The first-order valence-corrected chi connectivity index (χ1v) is 9.41. The number of nitriles is 1. The molecule has 2 amide bonds. The van der Waals surface area contributed by atoms with Crippen LogP contribution >= 0.6 is 12.4 Å². The summed E-state index contributed by atoms with van der Waals surface area (Å²) in [7, 11) is 1.48. The number of methoxy groups -OCH3 is 1. The van der Waals surface area contributed by atoms with Crippen LogP contribution in [0, 0.1) is 17.1 Å². The smallest absolute Gasteiger partial charge is 0.320 e. The largest absolute Gasteiger partial charge is 0.496 e. The number of anilines is 1. The van der Waals surface area contributed by atoms with Gasteiger partial charge >= 0.3 is 6.03 Å². The molecular formula is C23H22ClFN4O2. The molecule has 3 aromatic rings. The van der Waals surface area contributed by atoms with Gasteiger partial charge in [-0.1, -0.05) is 24.3 Å². The average molecular weight is 441 g/mol. The fraction of sp³-hybridized carbons (Fsp3) is 0.174. The number of hydrogen-bond donors (Lipinski definition) is 2. The molecule has 6 nitrogen and oxygen atoms in total. The second-order valence-electron chi connectivity index (χ2n) is 6.52. The minimum absolute atomic E-state index is 0. The Morgan fingerprint density at radius 2 is 2.03 bits per heavy atom. The van der Waals surface area contributed by atoms with E-state index >= 15 is 4.39 Å². The molecule has 0 fully saturated rings. The van der Waals surface area contributed by atoms with Gasteiger partial charge in [0.1, 0.15) is 17.4 Å². The number of ether oxygens (including phenoxy) is 1. The van der Waals surface area contributed by atoms with Crippen LogP contribution in [-0.4, -0.2) is 24.7 Å². The van der Waals surface area contributed by atoms with Crippen molar-refractivity contribution in [3.8, 4) is 22.9 Å². The number of urea groups is 1. The zero-order valence-electron chi connectivity index (χ0n) is 17.1. The summed E-state index contributed by atoms with van der Waals surface area (Å²) in [6, 6.07) is 15.3. The van der Waals surface area contributed by atoms with Gasteiger partial charge in [-0.25, -0.2) is 14.2 Å². The third-order valence-electron chi connectivity index (χ3n) is 4.48. The Morgan fingerprint density at radius 3 is 2.68 bits per heavy atom. The zero-order chi connectivity index (χ0) is 21.5. The molecule has 0 aliphatic heterocycles. The third kappa shape index (κ3) is 5.71. The minimum atomic E-state index is -0.408. The number of nitrogens with zero attached hydrogens (tertiary/aromatic N) is 2. The summed E-state index contributed by atoms with van der Waals surface area (Å²) in [6.07, 6.45) is 1.91. The van der Waals surface area contributed by atoms with Crippen molar-refractivity contribution in [3.05, 3.63) is 77.2 Å². The highest BCUT2D eigenvalue weighted by molar-refractivity contribution is 5.88. The number of carbonyl (C=O) groups excluding carboxylic acids is 1. The average Bonchev–Trinajstić information content (AvgIpc) is 2.76. The van der Waals surface area contributed by atoms with Crippen LogP contribution in [-0.2, 0) is 6.42 Å². The Hall–Kier alpha value is -3.63. The van der Waals surface area contributed by atoms with Crippen LogP contribution in [0.1, 0.15) is 23.6 Å². The Labute approximate surface area is 186 Å². The van der Waals surface area contributed by atoms with E-state index in [0.29, 0.717) is 46.8 Å². The summed E-state index contributed by atoms with van der Waals surface area (Å²) in [5.41, 5.74) is 2.59. The van der Waals surface area contributed by atoms with Crippen molar-refractivity contribution in [2.45, 2.75) is 13.3 Å². The number of aromatic nitrogens is 1. The lowest BCUT2D eigenvalue weighted by atomic mass is 9.96. The number of rotatable bonds is 6. The highest BCUT2D eigenvalue weighted by Gasteiger charge is 2.17. The highest BCUT2D eigenvalue weighted by atomic mass is 35.5. The molecule has 0 saturated carbocycles. The van der Waals surface area contributed by atoms with Crippen LogP contribution in [0.3, 0.4) is 0 Å². The lowest BCUT2D eigenvalue weighted by Crippen LogP contribution is -2.28. The number of carbonyl (C=O) groups is 1. The van der Waals surface area contributed by atoms with Gasteiger partial charge in [0.05, 0.1) is 24.3 Å². The Balaban J connectivity index is 0.00000341. The van der Waals surface area contributed by atoms with Gasteiger partial charge in [-0.15, -0.1) is 12.4 Å². The summed E-state index contributed by atoms with van der Waals surface area (Å²) in [5, 5.41) is 14.4. The summed E-state index contributed by atoms with van der Waals surface area (Å²) in [5.74, 6) is 0.397. The van der Waals surface area contributed by atoms with Crippen LogP contribution in [0.2, 0.25) is 0 Å². The van der Waals surface area contributed by atoms with Gasteiger partial charge in [0.15, 0.2) is 0 Å². The number of pyridine rings is 1. The molecule has 0 unspecified atom stereocenters. The molecule has 160 valence electrons. The number of hydrogen-bond acceptors (Lipinski definition) is 4. The maximum atomic E-state index is 15.4. The first-order valence-electron chi connectivity index (χ1n) is 9.41. The van der Waals surface area contributed by atoms with Crippen molar-refractivity contribution < 1.29 is 13.9 Å².